The van der Waals surface area contributed by atoms with Crippen molar-refractivity contribution in [1.82, 2.24) is 9.47 Å². The third-order valence-corrected chi connectivity index (χ3v) is 6.69. The smallest absolute Gasteiger partial charge is 0.223 e. The summed E-state index contributed by atoms with van der Waals surface area (Å²) in [5.41, 5.74) is 4.19. The van der Waals surface area contributed by atoms with Gasteiger partial charge in [-0.2, -0.15) is 0 Å². The summed E-state index contributed by atoms with van der Waals surface area (Å²) in [6.07, 6.45) is 2.48. The number of morpholine rings is 1. The van der Waals surface area contributed by atoms with Gasteiger partial charge in [0.2, 0.25) is 5.91 Å². The van der Waals surface area contributed by atoms with Gasteiger partial charge in [0.25, 0.3) is 0 Å². The maximum absolute atomic E-state index is 13.4. The van der Waals surface area contributed by atoms with E-state index in [1.165, 1.54) is 12.1 Å². The number of fused-ring (bicyclic) bond motifs is 1. The first-order chi connectivity index (χ1) is 16.6. The molecule has 5 rings (SSSR count). The topological polar surface area (TPSA) is 34.5 Å². The number of carbonyl (C=O) groups excluding carboxylic acids is 1. The summed E-state index contributed by atoms with van der Waals surface area (Å²) < 4.78 is 21.0. The molecular weight excluding hydrogens is 451 g/mol. The second kappa shape index (κ2) is 10.00. The summed E-state index contributed by atoms with van der Waals surface area (Å²) in [5, 5.41) is 1.75. The Labute approximate surface area is 203 Å². The highest BCUT2D eigenvalue weighted by Crippen LogP contribution is 2.36. The number of benzene rings is 3. The Morgan fingerprint density at radius 3 is 2.53 bits per heavy atom. The zero-order valence-corrected chi connectivity index (χ0v) is 19.5. The summed E-state index contributed by atoms with van der Waals surface area (Å²) in [5.74, 6) is -0.276. The Balaban J connectivity index is 1.56. The molecule has 4 nitrogen and oxygen atoms in total. The van der Waals surface area contributed by atoms with Crippen molar-refractivity contribution in [2.75, 3.05) is 26.3 Å². The van der Waals surface area contributed by atoms with Gasteiger partial charge < -0.3 is 14.2 Å². The molecule has 4 aromatic rings. The zero-order chi connectivity index (χ0) is 23.5. The van der Waals surface area contributed by atoms with E-state index < -0.39 is 0 Å². The SMILES string of the molecule is O=C(C[C@H](c1cccc(Cl)c1)c1cn(Cc2ccc(F)cc2)c2ccccc12)N1CCOCC1. The normalized spacial score (nSPS) is 14.9. The third kappa shape index (κ3) is 4.86. The molecular formula is C28H26ClFN2O2. The van der Waals surface area contributed by atoms with E-state index in [0.717, 1.165) is 27.6 Å². The van der Waals surface area contributed by atoms with Crippen molar-refractivity contribution in [3.8, 4) is 0 Å². The fourth-order valence-corrected chi connectivity index (χ4v) is 4.92. The van der Waals surface area contributed by atoms with Crippen LogP contribution in [-0.4, -0.2) is 41.7 Å². The van der Waals surface area contributed by atoms with Crippen LogP contribution in [0.5, 0.6) is 0 Å². The number of ether oxygens (including phenoxy) is 1. The van der Waals surface area contributed by atoms with E-state index in [1.54, 1.807) is 12.1 Å². The van der Waals surface area contributed by atoms with Gasteiger partial charge in [0.1, 0.15) is 5.82 Å². The molecule has 1 atom stereocenters. The van der Waals surface area contributed by atoms with Gasteiger partial charge in [0.05, 0.1) is 13.2 Å². The summed E-state index contributed by atoms with van der Waals surface area (Å²) in [7, 11) is 0. The third-order valence-electron chi connectivity index (χ3n) is 6.45. The summed E-state index contributed by atoms with van der Waals surface area (Å²) in [6, 6.07) is 22.6. The van der Waals surface area contributed by atoms with Crippen molar-refractivity contribution in [3.63, 3.8) is 0 Å². The molecule has 1 saturated heterocycles. The second-order valence-electron chi connectivity index (χ2n) is 8.66. The molecule has 3 aromatic carbocycles. The van der Waals surface area contributed by atoms with Crippen molar-refractivity contribution < 1.29 is 13.9 Å². The van der Waals surface area contributed by atoms with Gasteiger partial charge in [0.15, 0.2) is 0 Å². The number of rotatable bonds is 6. The van der Waals surface area contributed by atoms with Gasteiger partial charge in [-0.05, 0) is 47.0 Å². The van der Waals surface area contributed by atoms with E-state index in [2.05, 4.69) is 22.9 Å². The Hall–Kier alpha value is -3.15. The lowest BCUT2D eigenvalue weighted by atomic mass is 9.87. The molecule has 6 heteroatoms. The molecule has 0 aliphatic carbocycles. The summed E-state index contributed by atoms with van der Waals surface area (Å²) in [6.45, 7) is 3.00. The van der Waals surface area contributed by atoms with Gasteiger partial charge in [-0.15, -0.1) is 0 Å². The average molecular weight is 477 g/mol. The molecule has 0 radical (unpaired) electrons. The van der Waals surface area contributed by atoms with E-state index >= 15 is 0 Å². The van der Waals surface area contributed by atoms with Crippen molar-refractivity contribution >= 4 is 28.4 Å². The molecule has 1 aromatic heterocycles. The number of hydrogen-bond acceptors (Lipinski definition) is 2. The van der Waals surface area contributed by atoms with Crippen molar-refractivity contribution in [3.05, 3.63) is 107 Å². The van der Waals surface area contributed by atoms with Crippen LogP contribution in [0, 0.1) is 5.82 Å². The molecule has 0 unspecified atom stereocenters. The lowest BCUT2D eigenvalue weighted by Crippen LogP contribution is -2.41. The fourth-order valence-electron chi connectivity index (χ4n) is 4.72. The Morgan fingerprint density at radius 2 is 1.76 bits per heavy atom. The highest BCUT2D eigenvalue weighted by atomic mass is 35.5. The van der Waals surface area contributed by atoms with Crippen LogP contribution in [0.1, 0.15) is 29.0 Å². The lowest BCUT2D eigenvalue weighted by molar-refractivity contribution is -0.135. The first-order valence-electron chi connectivity index (χ1n) is 11.5. The van der Waals surface area contributed by atoms with Crippen LogP contribution in [0.4, 0.5) is 4.39 Å². The molecule has 0 N–H and O–H groups in total. The van der Waals surface area contributed by atoms with Crippen molar-refractivity contribution in [1.29, 1.82) is 0 Å². The Kier molecular flexibility index (Phi) is 6.66. The molecule has 34 heavy (non-hydrogen) atoms. The predicted octanol–water partition coefficient (Wildman–Crippen LogP) is 5.86. The zero-order valence-electron chi connectivity index (χ0n) is 18.8. The number of carbonyl (C=O) groups is 1. The van der Waals surface area contributed by atoms with Gasteiger partial charge >= 0.3 is 0 Å². The number of amides is 1. The van der Waals surface area contributed by atoms with Crippen LogP contribution in [0.3, 0.4) is 0 Å². The van der Waals surface area contributed by atoms with Gasteiger partial charge in [-0.3, -0.25) is 4.79 Å². The number of halogens is 2. The van der Waals surface area contributed by atoms with Crippen LogP contribution in [0.15, 0.2) is 79.0 Å². The minimum atomic E-state index is -0.246. The average Bonchev–Trinajstić information content (AvgIpc) is 3.22. The monoisotopic (exact) mass is 476 g/mol. The molecule has 1 aliphatic heterocycles. The maximum Gasteiger partial charge on any atom is 0.223 e. The van der Waals surface area contributed by atoms with E-state index in [0.29, 0.717) is 44.3 Å². The van der Waals surface area contributed by atoms with Crippen LogP contribution < -0.4 is 0 Å². The highest BCUT2D eigenvalue weighted by Gasteiger charge is 2.26. The Morgan fingerprint density at radius 1 is 1.00 bits per heavy atom. The molecule has 2 heterocycles. The van der Waals surface area contributed by atoms with Crippen LogP contribution >= 0.6 is 11.6 Å². The van der Waals surface area contributed by atoms with E-state index in [4.69, 9.17) is 16.3 Å². The van der Waals surface area contributed by atoms with Gasteiger partial charge in [-0.25, -0.2) is 4.39 Å². The molecule has 174 valence electrons. The Bertz CT molecular complexity index is 1300. The lowest BCUT2D eigenvalue weighted by Gasteiger charge is -2.28. The summed E-state index contributed by atoms with van der Waals surface area (Å²) in [4.78, 5) is 15.2. The molecule has 0 bridgehead atoms. The quantitative estimate of drug-likeness (QED) is 0.349. The van der Waals surface area contributed by atoms with Gasteiger partial charge in [-0.1, -0.05) is 54.1 Å². The van der Waals surface area contributed by atoms with Crippen molar-refractivity contribution in [2.45, 2.75) is 18.9 Å². The van der Waals surface area contributed by atoms with Crippen LogP contribution in [0.25, 0.3) is 10.9 Å². The first-order valence-corrected chi connectivity index (χ1v) is 11.9. The number of nitrogens with zero attached hydrogens (tertiary/aromatic N) is 2. The summed E-state index contributed by atoms with van der Waals surface area (Å²) >= 11 is 6.36. The highest BCUT2D eigenvalue weighted by molar-refractivity contribution is 6.30. The number of aromatic nitrogens is 1. The molecule has 1 fully saturated rings. The van der Waals surface area contributed by atoms with E-state index in [9.17, 15) is 9.18 Å². The van der Waals surface area contributed by atoms with Crippen LogP contribution in [-0.2, 0) is 16.1 Å². The fraction of sp³-hybridized carbons (Fsp3) is 0.250. The molecule has 0 saturated carbocycles. The second-order valence-corrected chi connectivity index (χ2v) is 9.10. The first kappa shape index (κ1) is 22.6. The number of hydrogen-bond donors (Lipinski definition) is 0. The number of para-hydroxylation sites is 1. The van der Waals surface area contributed by atoms with E-state index in [-0.39, 0.29) is 17.6 Å². The molecule has 1 aliphatic rings. The predicted molar refractivity (Wildman–Crippen MR) is 133 cm³/mol. The van der Waals surface area contributed by atoms with Crippen LogP contribution in [0.2, 0.25) is 5.02 Å². The van der Waals surface area contributed by atoms with Gasteiger partial charge in [0, 0.05) is 54.1 Å². The van der Waals surface area contributed by atoms with E-state index in [1.807, 2.05) is 41.3 Å². The molecule has 0 spiro atoms. The largest absolute Gasteiger partial charge is 0.378 e. The minimum Gasteiger partial charge on any atom is -0.378 e. The van der Waals surface area contributed by atoms with Crippen molar-refractivity contribution in [2.24, 2.45) is 0 Å². The maximum atomic E-state index is 13.4. The standard InChI is InChI=1S/C28H26ClFN2O2/c29-22-5-3-4-21(16-22)25(17-28(33)31-12-14-34-15-13-31)26-19-32(27-7-2-1-6-24(26)27)18-20-8-10-23(30)11-9-20/h1-11,16,19,25H,12-15,17-18H2/t25-/m1/s1. The molecule has 1 amide bonds. The minimum absolute atomic E-state index is 0.114.